The van der Waals surface area contributed by atoms with Crippen molar-refractivity contribution in [2.24, 2.45) is 5.92 Å². The summed E-state index contributed by atoms with van der Waals surface area (Å²) < 4.78 is 12.0. The number of ketones is 1. The fourth-order valence-electron chi connectivity index (χ4n) is 4.24. The minimum Gasteiger partial charge on any atom is -0.496 e. The molecule has 136 valence electrons. The lowest BCUT2D eigenvalue weighted by atomic mass is 9.92. The first-order valence-corrected chi connectivity index (χ1v) is 9.47. The van der Waals surface area contributed by atoms with E-state index in [-0.39, 0.29) is 11.9 Å². The Hall–Kier alpha value is -2.33. The molecule has 1 fully saturated rings. The normalized spacial score (nSPS) is 19.6. The number of nitrogens with one attached hydrogen (secondary N) is 1. The van der Waals surface area contributed by atoms with E-state index in [0.717, 1.165) is 42.1 Å². The second kappa shape index (κ2) is 7.12. The molecule has 26 heavy (non-hydrogen) atoms. The maximum atomic E-state index is 12.8. The average Bonchev–Trinajstić information content (AvgIpc) is 3.00. The monoisotopic (exact) mass is 351 g/mol. The molecule has 1 heterocycles. The summed E-state index contributed by atoms with van der Waals surface area (Å²) in [5.41, 5.74) is 3.15. The molecule has 0 saturated carbocycles. The fraction of sp³-hybridized carbons (Fsp3) is 0.409. The Morgan fingerprint density at radius 1 is 1.12 bits per heavy atom. The second-order valence-electron chi connectivity index (χ2n) is 7.06. The quantitative estimate of drug-likeness (QED) is 0.753. The standard InChI is InChI=1S/C22H25NO3/c1-3-17(14-7-6-12-23-13-14)26-19-11-5-9-16-21(19)20-15(22(16)24)8-4-10-18(20)25-2/h4-5,8-11,14,17,23H,3,6-7,12-13H2,1-2H3. The van der Waals surface area contributed by atoms with Crippen molar-refractivity contribution in [3.63, 3.8) is 0 Å². The number of carbonyl (C=O) groups excluding carboxylic acids is 1. The van der Waals surface area contributed by atoms with E-state index in [9.17, 15) is 4.79 Å². The summed E-state index contributed by atoms with van der Waals surface area (Å²) in [7, 11) is 1.64. The molecule has 1 aliphatic heterocycles. The van der Waals surface area contributed by atoms with Crippen molar-refractivity contribution in [2.75, 3.05) is 20.2 Å². The van der Waals surface area contributed by atoms with Gasteiger partial charge in [-0.1, -0.05) is 31.2 Å². The van der Waals surface area contributed by atoms with Crippen LogP contribution in [0.3, 0.4) is 0 Å². The topological polar surface area (TPSA) is 47.6 Å². The predicted octanol–water partition coefficient (Wildman–Crippen LogP) is 4.06. The molecule has 0 radical (unpaired) electrons. The van der Waals surface area contributed by atoms with E-state index in [0.29, 0.717) is 17.0 Å². The van der Waals surface area contributed by atoms with E-state index in [1.54, 1.807) is 7.11 Å². The molecule has 1 N–H and O–H groups in total. The Balaban J connectivity index is 1.75. The summed E-state index contributed by atoms with van der Waals surface area (Å²) in [5.74, 6) is 2.06. The number of ether oxygens (including phenoxy) is 2. The van der Waals surface area contributed by atoms with Crippen LogP contribution in [0.25, 0.3) is 11.1 Å². The van der Waals surface area contributed by atoms with Gasteiger partial charge in [-0.05, 0) is 37.9 Å². The summed E-state index contributed by atoms with van der Waals surface area (Å²) >= 11 is 0. The highest BCUT2D eigenvalue weighted by molar-refractivity contribution is 6.23. The summed E-state index contributed by atoms with van der Waals surface area (Å²) in [6.45, 7) is 4.25. The van der Waals surface area contributed by atoms with Gasteiger partial charge in [-0.2, -0.15) is 0 Å². The van der Waals surface area contributed by atoms with Gasteiger partial charge >= 0.3 is 0 Å². The van der Waals surface area contributed by atoms with Gasteiger partial charge in [0.25, 0.3) is 0 Å². The highest BCUT2D eigenvalue weighted by atomic mass is 16.5. The number of piperidine rings is 1. The molecule has 1 aliphatic carbocycles. The number of carbonyl (C=O) groups is 1. The highest BCUT2D eigenvalue weighted by Crippen LogP contribution is 2.47. The van der Waals surface area contributed by atoms with E-state index < -0.39 is 0 Å². The van der Waals surface area contributed by atoms with Crippen molar-refractivity contribution in [3.8, 4) is 22.6 Å². The van der Waals surface area contributed by atoms with Crippen molar-refractivity contribution in [2.45, 2.75) is 32.3 Å². The molecule has 4 rings (SSSR count). The number of hydrogen-bond donors (Lipinski definition) is 1. The van der Waals surface area contributed by atoms with E-state index in [2.05, 4.69) is 12.2 Å². The Bertz CT molecular complexity index is 824. The minimum atomic E-state index is 0.0479. The molecule has 2 unspecified atom stereocenters. The molecule has 0 amide bonds. The van der Waals surface area contributed by atoms with Gasteiger partial charge in [0.1, 0.15) is 17.6 Å². The first kappa shape index (κ1) is 17.1. The van der Waals surface area contributed by atoms with Crippen LogP contribution in [0.1, 0.15) is 42.1 Å². The van der Waals surface area contributed by atoms with Gasteiger partial charge in [0.05, 0.1) is 7.11 Å². The van der Waals surface area contributed by atoms with Crippen LogP contribution in [0.15, 0.2) is 36.4 Å². The minimum absolute atomic E-state index is 0.0479. The van der Waals surface area contributed by atoms with Gasteiger partial charge in [0.15, 0.2) is 5.78 Å². The first-order chi connectivity index (χ1) is 12.7. The molecule has 4 nitrogen and oxygen atoms in total. The second-order valence-corrected chi connectivity index (χ2v) is 7.06. The summed E-state index contributed by atoms with van der Waals surface area (Å²) in [6, 6.07) is 11.4. The molecule has 2 atom stereocenters. The van der Waals surface area contributed by atoms with Crippen LogP contribution < -0.4 is 14.8 Å². The predicted molar refractivity (Wildman–Crippen MR) is 102 cm³/mol. The molecule has 2 aliphatic rings. The van der Waals surface area contributed by atoms with E-state index in [1.807, 2.05) is 36.4 Å². The number of fused-ring (bicyclic) bond motifs is 3. The van der Waals surface area contributed by atoms with Crippen LogP contribution in [-0.4, -0.2) is 32.1 Å². The molecule has 0 bridgehead atoms. The Morgan fingerprint density at radius 2 is 1.81 bits per heavy atom. The zero-order valence-electron chi connectivity index (χ0n) is 15.4. The SMILES string of the molecule is CCC(Oc1cccc2c1-c1c(OC)cccc1C2=O)C1CCCNC1. The van der Waals surface area contributed by atoms with Crippen LogP contribution in [0.2, 0.25) is 0 Å². The third kappa shape index (κ3) is 2.78. The van der Waals surface area contributed by atoms with Gasteiger partial charge in [-0.25, -0.2) is 0 Å². The summed E-state index contributed by atoms with van der Waals surface area (Å²) in [6.07, 6.45) is 3.46. The maximum absolute atomic E-state index is 12.8. The average molecular weight is 351 g/mol. The van der Waals surface area contributed by atoms with Crippen molar-refractivity contribution in [1.82, 2.24) is 5.32 Å². The van der Waals surface area contributed by atoms with Crippen molar-refractivity contribution < 1.29 is 14.3 Å². The first-order valence-electron chi connectivity index (χ1n) is 9.47. The third-order valence-electron chi connectivity index (χ3n) is 5.55. The summed E-state index contributed by atoms with van der Waals surface area (Å²) in [5, 5.41) is 3.47. The molecule has 2 aromatic carbocycles. The Morgan fingerprint density at radius 3 is 2.42 bits per heavy atom. The van der Waals surface area contributed by atoms with E-state index in [1.165, 1.54) is 12.8 Å². The molecule has 1 saturated heterocycles. The lowest BCUT2D eigenvalue weighted by molar-refractivity contribution is 0.103. The van der Waals surface area contributed by atoms with Crippen molar-refractivity contribution in [3.05, 3.63) is 47.5 Å². The van der Waals surface area contributed by atoms with E-state index in [4.69, 9.17) is 9.47 Å². The smallest absolute Gasteiger partial charge is 0.194 e. The number of hydrogen-bond acceptors (Lipinski definition) is 4. The molecule has 2 aromatic rings. The number of benzene rings is 2. The Labute approximate surface area is 154 Å². The van der Waals surface area contributed by atoms with E-state index >= 15 is 0 Å². The van der Waals surface area contributed by atoms with Gasteiger partial charge in [-0.3, -0.25) is 4.79 Å². The van der Waals surface area contributed by atoms with Crippen LogP contribution >= 0.6 is 0 Å². The largest absolute Gasteiger partial charge is 0.496 e. The molecule has 0 spiro atoms. The van der Waals surface area contributed by atoms with Gasteiger partial charge in [0.2, 0.25) is 0 Å². The highest BCUT2D eigenvalue weighted by Gasteiger charge is 2.33. The molecular weight excluding hydrogens is 326 g/mol. The molecular formula is C22H25NO3. The van der Waals surface area contributed by atoms with Gasteiger partial charge in [-0.15, -0.1) is 0 Å². The number of rotatable bonds is 5. The van der Waals surface area contributed by atoms with Crippen molar-refractivity contribution in [1.29, 1.82) is 0 Å². The fourth-order valence-corrected chi connectivity index (χ4v) is 4.24. The number of methoxy groups -OCH3 is 1. The van der Waals surface area contributed by atoms with Crippen LogP contribution in [0, 0.1) is 5.92 Å². The molecule has 0 aromatic heterocycles. The zero-order chi connectivity index (χ0) is 18.1. The van der Waals surface area contributed by atoms with Crippen LogP contribution in [0.4, 0.5) is 0 Å². The Kier molecular flexibility index (Phi) is 4.68. The third-order valence-corrected chi connectivity index (χ3v) is 5.55. The van der Waals surface area contributed by atoms with Gasteiger partial charge in [0, 0.05) is 34.7 Å². The molecule has 4 heteroatoms. The lowest BCUT2D eigenvalue weighted by Gasteiger charge is -2.31. The zero-order valence-corrected chi connectivity index (χ0v) is 15.4. The summed E-state index contributed by atoms with van der Waals surface area (Å²) in [4.78, 5) is 12.8. The van der Waals surface area contributed by atoms with Crippen LogP contribution in [0.5, 0.6) is 11.5 Å². The van der Waals surface area contributed by atoms with Gasteiger partial charge < -0.3 is 14.8 Å². The van der Waals surface area contributed by atoms with Crippen molar-refractivity contribution >= 4 is 5.78 Å². The lowest BCUT2D eigenvalue weighted by Crippen LogP contribution is -2.39. The maximum Gasteiger partial charge on any atom is 0.194 e. The van der Waals surface area contributed by atoms with Crippen LogP contribution in [-0.2, 0) is 0 Å².